The lowest BCUT2D eigenvalue weighted by Crippen LogP contribution is -2.34. The first kappa shape index (κ1) is 23.5. The third-order valence-corrected chi connectivity index (χ3v) is 10.6. The van der Waals surface area contributed by atoms with E-state index in [1.165, 1.54) is 0 Å². The minimum atomic E-state index is -3.99. The van der Waals surface area contributed by atoms with Crippen molar-refractivity contribution in [3.05, 3.63) is 125 Å². The number of nitrogens with one attached hydrogen (secondary N) is 1. The normalized spacial score (nSPS) is 12.9. The van der Waals surface area contributed by atoms with Crippen LogP contribution >= 0.6 is 18.7 Å². The molecule has 0 spiro atoms. The summed E-state index contributed by atoms with van der Waals surface area (Å²) in [5.74, 6) is -1.04. The van der Waals surface area contributed by atoms with Crippen molar-refractivity contribution in [2.45, 2.75) is 17.6 Å². The topological polar surface area (TPSA) is 63.2 Å². The Morgan fingerprint density at radius 1 is 0.727 bits per heavy atom. The molecule has 33 heavy (non-hydrogen) atoms. The van der Waals surface area contributed by atoms with Crippen molar-refractivity contribution in [3.63, 3.8) is 0 Å². The van der Waals surface area contributed by atoms with Gasteiger partial charge in [-0.2, -0.15) is 4.72 Å². The second-order valence-electron chi connectivity index (χ2n) is 7.72. The molecule has 1 unspecified atom stereocenters. The highest BCUT2D eigenvalue weighted by atomic mass is 35.5. The summed E-state index contributed by atoms with van der Waals surface area (Å²) in [6.45, 7) is 1.89. The molecule has 4 rings (SSSR count). The SMILES string of the molecule is Cc1ccc(S(=O)(=O)NC(c2ccc(Cl)cc2)P(=O)(c2ccccc2)c2ccccc2)cc1. The summed E-state index contributed by atoms with van der Waals surface area (Å²) in [6, 6.07) is 31.3. The first-order valence-electron chi connectivity index (χ1n) is 10.4. The van der Waals surface area contributed by atoms with E-state index in [0.717, 1.165) is 5.56 Å². The van der Waals surface area contributed by atoms with E-state index in [1.54, 1.807) is 97.1 Å². The molecule has 0 aliphatic carbocycles. The van der Waals surface area contributed by atoms with Crippen LogP contribution in [0.2, 0.25) is 5.02 Å². The van der Waals surface area contributed by atoms with Crippen molar-refractivity contribution in [1.82, 2.24) is 4.72 Å². The first-order chi connectivity index (χ1) is 15.8. The van der Waals surface area contributed by atoms with Crippen LogP contribution in [-0.4, -0.2) is 8.42 Å². The van der Waals surface area contributed by atoms with E-state index < -0.39 is 22.9 Å². The van der Waals surface area contributed by atoms with Crippen molar-refractivity contribution in [2.24, 2.45) is 0 Å². The molecule has 0 bridgehead atoms. The van der Waals surface area contributed by atoms with Crippen LogP contribution in [0.15, 0.2) is 114 Å². The van der Waals surface area contributed by atoms with Gasteiger partial charge in [0.05, 0.1) is 4.90 Å². The van der Waals surface area contributed by atoms with Gasteiger partial charge >= 0.3 is 0 Å². The van der Waals surface area contributed by atoms with Crippen molar-refractivity contribution in [1.29, 1.82) is 0 Å². The maximum atomic E-state index is 15.0. The molecule has 1 atom stereocenters. The Morgan fingerprint density at radius 2 is 1.21 bits per heavy atom. The maximum Gasteiger partial charge on any atom is 0.241 e. The molecule has 4 aromatic rings. The summed E-state index contributed by atoms with van der Waals surface area (Å²) in [4.78, 5) is 0.111. The second kappa shape index (κ2) is 9.66. The van der Waals surface area contributed by atoms with Gasteiger partial charge in [-0.15, -0.1) is 0 Å². The van der Waals surface area contributed by atoms with E-state index in [0.29, 0.717) is 21.2 Å². The third-order valence-electron chi connectivity index (χ3n) is 5.43. The van der Waals surface area contributed by atoms with E-state index in [1.807, 2.05) is 19.1 Å². The number of hydrogen-bond acceptors (Lipinski definition) is 3. The number of rotatable bonds is 7. The van der Waals surface area contributed by atoms with Gasteiger partial charge in [-0.3, -0.25) is 0 Å². The number of benzene rings is 4. The molecule has 168 valence electrons. The molecule has 0 aliphatic heterocycles. The Hall–Kier alpha value is -2.69. The van der Waals surface area contributed by atoms with Gasteiger partial charge in [0, 0.05) is 15.6 Å². The Balaban J connectivity index is 1.93. The van der Waals surface area contributed by atoms with Gasteiger partial charge in [-0.25, -0.2) is 8.42 Å². The van der Waals surface area contributed by atoms with Crippen LogP contribution in [-0.2, 0) is 14.6 Å². The molecule has 0 aliphatic rings. The molecule has 4 nitrogen and oxygen atoms in total. The zero-order valence-electron chi connectivity index (χ0n) is 17.9. The average Bonchev–Trinajstić information content (AvgIpc) is 2.84. The molecule has 0 amide bonds. The lowest BCUT2D eigenvalue weighted by Gasteiger charge is -2.30. The highest BCUT2D eigenvalue weighted by molar-refractivity contribution is 7.90. The molecule has 7 heteroatoms. The van der Waals surface area contributed by atoms with E-state index in [9.17, 15) is 8.42 Å². The molecule has 4 aromatic carbocycles. The highest BCUT2D eigenvalue weighted by Gasteiger charge is 2.40. The fourth-order valence-corrected chi connectivity index (χ4v) is 8.59. The van der Waals surface area contributed by atoms with Crippen LogP contribution in [0.3, 0.4) is 0 Å². The lowest BCUT2D eigenvalue weighted by atomic mass is 10.2. The van der Waals surface area contributed by atoms with Crippen LogP contribution < -0.4 is 15.3 Å². The molecule has 0 aromatic heterocycles. The number of halogens is 1. The average molecular weight is 496 g/mol. The molecule has 0 saturated heterocycles. The summed E-state index contributed by atoms with van der Waals surface area (Å²) in [6.07, 6.45) is 0. The smallest absolute Gasteiger partial charge is 0.241 e. The Labute approximate surface area is 199 Å². The first-order valence-corrected chi connectivity index (χ1v) is 14.0. The van der Waals surface area contributed by atoms with Gasteiger partial charge in [-0.1, -0.05) is 102 Å². The third kappa shape index (κ3) is 4.97. The van der Waals surface area contributed by atoms with Crippen LogP contribution in [0, 0.1) is 6.92 Å². The summed E-state index contributed by atoms with van der Waals surface area (Å²) in [5, 5.41) is 1.62. The van der Waals surface area contributed by atoms with Crippen molar-refractivity contribution >= 4 is 39.4 Å². The molecular weight excluding hydrogens is 473 g/mol. The largest absolute Gasteiger partial charge is 0.312 e. The summed E-state index contributed by atoms with van der Waals surface area (Å²) >= 11 is 6.10. The fraction of sp³-hybridized carbons (Fsp3) is 0.0769. The Morgan fingerprint density at radius 3 is 1.70 bits per heavy atom. The highest BCUT2D eigenvalue weighted by Crippen LogP contribution is 2.56. The monoisotopic (exact) mass is 495 g/mol. The molecular formula is C26H23ClNO3PS. The van der Waals surface area contributed by atoms with Gasteiger partial charge in [0.15, 0.2) is 7.14 Å². The minimum Gasteiger partial charge on any atom is -0.312 e. The minimum absolute atomic E-state index is 0.111. The van der Waals surface area contributed by atoms with Gasteiger partial charge in [0.1, 0.15) is 5.78 Å². The van der Waals surface area contributed by atoms with Gasteiger partial charge in [0.2, 0.25) is 10.0 Å². The molecule has 0 radical (unpaired) electrons. The van der Waals surface area contributed by atoms with Crippen LogP contribution in [0.4, 0.5) is 0 Å². The Bertz CT molecular complexity index is 1330. The molecule has 0 saturated carbocycles. The summed E-state index contributed by atoms with van der Waals surface area (Å²) < 4.78 is 44.7. The van der Waals surface area contributed by atoms with Gasteiger partial charge < -0.3 is 4.57 Å². The Kier molecular flexibility index (Phi) is 6.87. The predicted octanol–water partition coefficient (Wildman–Crippen LogP) is 5.64. The zero-order chi connectivity index (χ0) is 23.5. The van der Waals surface area contributed by atoms with Gasteiger partial charge in [-0.05, 0) is 36.8 Å². The predicted molar refractivity (Wildman–Crippen MR) is 135 cm³/mol. The van der Waals surface area contributed by atoms with E-state index in [4.69, 9.17) is 11.6 Å². The van der Waals surface area contributed by atoms with E-state index in [-0.39, 0.29) is 4.90 Å². The number of hydrogen-bond donors (Lipinski definition) is 1. The maximum absolute atomic E-state index is 15.0. The van der Waals surface area contributed by atoms with E-state index >= 15 is 4.57 Å². The summed E-state index contributed by atoms with van der Waals surface area (Å²) in [7, 11) is -7.52. The second-order valence-corrected chi connectivity index (χ2v) is 12.7. The van der Waals surface area contributed by atoms with Crippen LogP contribution in [0.25, 0.3) is 0 Å². The van der Waals surface area contributed by atoms with Crippen molar-refractivity contribution in [2.75, 3.05) is 0 Å². The summed E-state index contributed by atoms with van der Waals surface area (Å²) in [5.41, 5.74) is 1.51. The standard InChI is InChI=1S/C26H23ClNO3PS/c1-20-12-18-25(19-13-20)33(30,31)28-26(21-14-16-22(27)17-15-21)32(29,23-8-4-2-5-9-23)24-10-6-3-7-11-24/h2-19,26,28H,1H3. The quantitative estimate of drug-likeness (QED) is 0.337. The van der Waals surface area contributed by atoms with E-state index in [2.05, 4.69) is 4.72 Å². The number of sulfonamides is 1. The van der Waals surface area contributed by atoms with Crippen LogP contribution in [0.5, 0.6) is 0 Å². The fourth-order valence-electron chi connectivity index (χ4n) is 3.68. The van der Waals surface area contributed by atoms with Crippen molar-refractivity contribution < 1.29 is 13.0 Å². The molecule has 1 N–H and O–H groups in total. The lowest BCUT2D eigenvalue weighted by molar-refractivity contribution is 0.560. The van der Waals surface area contributed by atoms with Crippen molar-refractivity contribution in [3.8, 4) is 0 Å². The van der Waals surface area contributed by atoms with Crippen LogP contribution in [0.1, 0.15) is 16.9 Å². The van der Waals surface area contributed by atoms with Gasteiger partial charge in [0.25, 0.3) is 0 Å². The molecule has 0 heterocycles. The molecule has 0 fully saturated rings. The number of aryl methyl sites for hydroxylation is 1. The zero-order valence-corrected chi connectivity index (χ0v) is 20.4.